The highest BCUT2D eigenvalue weighted by molar-refractivity contribution is 5.99. The fraction of sp³-hybridized carbons (Fsp3) is 0.529. The first-order valence-corrected chi connectivity index (χ1v) is 7.95. The van der Waals surface area contributed by atoms with Crippen molar-refractivity contribution in [1.29, 1.82) is 0 Å². The Morgan fingerprint density at radius 1 is 1.35 bits per heavy atom. The highest BCUT2D eigenvalue weighted by Gasteiger charge is 2.49. The molecule has 2 fully saturated rings. The average molecular weight is 338 g/mol. The Balaban J connectivity index is 0.00000192. The van der Waals surface area contributed by atoms with E-state index in [1.54, 1.807) is 6.07 Å². The maximum absolute atomic E-state index is 12.9. The predicted molar refractivity (Wildman–Crippen MR) is 92.8 cm³/mol. The van der Waals surface area contributed by atoms with Crippen LogP contribution < -0.4 is 16.4 Å². The third kappa shape index (κ3) is 3.21. The van der Waals surface area contributed by atoms with Gasteiger partial charge in [0.15, 0.2) is 0 Å². The van der Waals surface area contributed by atoms with E-state index in [-0.39, 0.29) is 23.7 Å². The number of rotatable bonds is 3. The van der Waals surface area contributed by atoms with Crippen LogP contribution in [0.2, 0.25) is 0 Å². The predicted octanol–water partition coefficient (Wildman–Crippen LogP) is 2.23. The molecule has 1 aromatic carbocycles. The number of carbonyl (C=O) groups excluding carboxylic acids is 2. The van der Waals surface area contributed by atoms with E-state index in [1.807, 2.05) is 19.1 Å². The van der Waals surface area contributed by atoms with Gasteiger partial charge >= 0.3 is 0 Å². The van der Waals surface area contributed by atoms with Gasteiger partial charge in [0.25, 0.3) is 0 Å². The summed E-state index contributed by atoms with van der Waals surface area (Å²) in [7, 11) is 0. The van der Waals surface area contributed by atoms with Crippen LogP contribution >= 0.6 is 12.4 Å². The van der Waals surface area contributed by atoms with Crippen LogP contribution in [0.25, 0.3) is 0 Å². The lowest BCUT2D eigenvalue weighted by Crippen LogP contribution is -2.44. The number of aryl methyl sites for hydroxylation is 1. The molecule has 2 amide bonds. The molecule has 3 rings (SSSR count). The van der Waals surface area contributed by atoms with Crippen molar-refractivity contribution in [3.63, 3.8) is 0 Å². The summed E-state index contributed by atoms with van der Waals surface area (Å²) in [6.45, 7) is 3.51. The Hall–Kier alpha value is -1.59. The Morgan fingerprint density at radius 2 is 2.13 bits per heavy atom. The summed E-state index contributed by atoms with van der Waals surface area (Å²) in [5.74, 6) is 0.0219. The van der Waals surface area contributed by atoms with Crippen LogP contribution in [-0.2, 0) is 4.79 Å². The van der Waals surface area contributed by atoms with Gasteiger partial charge in [-0.15, -0.1) is 12.4 Å². The molecule has 0 radical (unpaired) electrons. The van der Waals surface area contributed by atoms with Gasteiger partial charge in [0.05, 0.1) is 5.41 Å². The summed E-state index contributed by atoms with van der Waals surface area (Å²) in [6, 6.07) is 5.32. The minimum Gasteiger partial charge on any atom is -0.366 e. The van der Waals surface area contributed by atoms with Crippen LogP contribution in [-0.4, -0.2) is 24.9 Å². The maximum atomic E-state index is 12.9. The molecule has 1 heterocycles. The first-order valence-electron chi connectivity index (χ1n) is 7.95. The number of amides is 2. The van der Waals surface area contributed by atoms with Crippen LogP contribution in [0.15, 0.2) is 18.2 Å². The molecular formula is C17H24ClN3O2. The van der Waals surface area contributed by atoms with Gasteiger partial charge in [-0.1, -0.05) is 18.9 Å². The standard InChI is InChI=1S/C17H23N3O2.ClH/c1-11-5-6-13(8-14(11)15(18)21)20-16(22)17-7-3-2-4-12(17)9-19-10-17;/h5-6,8,12,19H,2-4,7,9-10H2,1H3,(H2,18,21)(H,20,22);1H/t12-,17+;/m0./s1. The fourth-order valence-electron chi connectivity index (χ4n) is 3.91. The van der Waals surface area contributed by atoms with E-state index >= 15 is 0 Å². The van der Waals surface area contributed by atoms with E-state index in [2.05, 4.69) is 10.6 Å². The monoisotopic (exact) mass is 337 g/mol. The molecular weight excluding hydrogens is 314 g/mol. The summed E-state index contributed by atoms with van der Waals surface area (Å²) in [5, 5.41) is 6.39. The van der Waals surface area contributed by atoms with E-state index in [9.17, 15) is 9.59 Å². The largest absolute Gasteiger partial charge is 0.366 e. The minimum atomic E-state index is -0.468. The molecule has 5 nitrogen and oxygen atoms in total. The lowest BCUT2D eigenvalue weighted by Gasteiger charge is -2.37. The summed E-state index contributed by atoms with van der Waals surface area (Å²) in [6.07, 6.45) is 4.36. The molecule has 0 aromatic heterocycles. The molecule has 1 aromatic rings. The third-order valence-corrected chi connectivity index (χ3v) is 5.25. The molecule has 2 aliphatic rings. The van der Waals surface area contributed by atoms with Crippen molar-refractivity contribution in [2.75, 3.05) is 18.4 Å². The molecule has 2 atom stereocenters. The van der Waals surface area contributed by atoms with Crippen LogP contribution in [0.1, 0.15) is 41.6 Å². The second kappa shape index (κ2) is 6.89. The van der Waals surface area contributed by atoms with Crippen molar-refractivity contribution in [3.05, 3.63) is 29.3 Å². The van der Waals surface area contributed by atoms with E-state index in [1.165, 1.54) is 6.42 Å². The van der Waals surface area contributed by atoms with Crippen molar-refractivity contribution >= 4 is 29.9 Å². The number of fused-ring (bicyclic) bond motifs is 1. The molecule has 126 valence electrons. The second-order valence-electron chi connectivity index (χ2n) is 6.58. The lowest BCUT2D eigenvalue weighted by molar-refractivity contribution is -0.128. The van der Waals surface area contributed by atoms with Crippen molar-refractivity contribution in [2.24, 2.45) is 17.1 Å². The molecule has 1 saturated heterocycles. The number of primary amides is 1. The van der Waals surface area contributed by atoms with E-state index in [0.29, 0.717) is 17.2 Å². The van der Waals surface area contributed by atoms with E-state index < -0.39 is 5.91 Å². The van der Waals surface area contributed by atoms with Gasteiger partial charge < -0.3 is 16.4 Å². The Bertz CT molecular complexity index is 620. The molecule has 0 bridgehead atoms. The van der Waals surface area contributed by atoms with Crippen LogP contribution in [0, 0.1) is 18.3 Å². The summed E-state index contributed by atoms with van der Waals surface area (Å²) < 4.78 is 0. The van der Waals surface area contributed by atoms with Gasteiger partial charge in [0, 0.05) is 17.8 Å². The number of anilines is 1. The number of carbonyl (C=O) groups is 2. The highest BCUT2D eigenvalue weighted by Crippen LogP contribution is 2.44. The zero-order chi connectivity index (χ0) is 15.7. The van der Waals surface area contributed by atoms with Crippen molar-refractivity contribution in [3.8, 4) is 0 Å². The van der Waals surface area contributed by atoms with Gasteiger partial charge in [-0.05, 0) is 49.9 Å². The van der Waals surface area contributed by atoms with E-state index in [0.717, 1.165) is 37.9 Å². The quantitative estimate of drug-likeness (QED) is 0.790. The fourth-order valence-corrected chi connectivity index (χ4v) is 3.91. The minimum absolute atomic E-state index is 0. The Labute approximate surface area is 142 Å². The molecule has 4 N–H and O–H groups in total. The highest BCUT2D eigenvalue weighted by atomic mass is 35.5. The molecule has 1 aliphatic heterocycles. The molecule has 0 spiro atoms. The number of halogens is 1. The summed E-state index contributed by atoms with van der Waals surface area (Å²) >= 11 is 0. The first kappa shape index (κ1) is 17.8. The number of nitrogens with two attached hydrogens (primary N) is 1. The Kier molecular flexibility index (Phi) is 5.32. The SMILES string of the molecule is Cc1ccc(NC(=O)[C@@]23CCCC[C@H]2CNC3)cc1C(N)=O.Cl. The van der Waals surface area contributed by atoms with Gasteiger partial charge in [0.2, 0.25) is 11.8 Å². The van der Waals surface area contributed by atoms with Crippen molar-refractivity contribution < 1.29 is 9.59 Å². The zero-order valence-corrected chi connectivity index (χ0v) is 14.2. The Morgan fingerprint density at radius 3 is 2.87 bits per heavy atom. The second-order valence-corrected chi connectivity index (χ2v) is 6.58. The summed E-state index contributed by atoms with van der Waals surface area (Å²) in [5.41, 5.74) is 7.01. The zero-order valence-electron chi connectivity index (χ0n) is 13.4. The number of benzene rings is 1. The molecule has 6 heteroatoms. The van der Waals surface area contributed by atoms with Crippen molar-refractivity contribution in [2.45, 2.75) is 32.6 Å². The van der Waals surface area contributed by atoms with Gasteiger partial charge in [-0.3, -0.25) is 9.59 Å². The van der Waals surface area contributed by atoms with Gasteiger partial charge in [-0.2, -0.15) is 0 Å². The van der Waals surface area contributed by atoms with Gasteiger partial charge in [0.1, 0.15) is 0 Å². The van der Waals surface area contributed by atoms with Gasteiger partial charge in [-0.25, -0.2) is 0 Å². The smallest absolute Gasteiger partial charge is 0.249 e. The van der Waals surface area contributed by atoms with Crippen LogP contribution in [0.5, 0.6) is 0 Å². The first-order chi connectivity index (χ1) is 10.5. The van der Waals surface area contributed by atoms with Crippen molar-refractivity contribution in [1.82, 2.24) is 5.32 Å². The normalized spacial score (nSPS) is 26.0. The summed E-state index contributed by atoms with van der Waals surface area (Å²) in [4.78, 5) is 24.3. The number of hydrogen-bond donors (Lipinski definition) is 3. The molecule has 0 unspecified atom stereocenters. The third-order valence-electron chi connectivity index (χ3n) is 5.25. The topological polar surface area (TPSA) is 84.2 Å². The number of hydrogen-bond acceptors (Lipinski definition) is 3. The van der Waals surface area contributed by atoms with E-state index in [4.69, 9.17) is 5.73 Å². The molecule has 1 aliphatic carbocycles. The lowest BCUT2D eigenvalue weighted by atomic mass is 9.67. The average Bonchev–Trinajstić information content (AvgIpc) is 2.94. The molecule has 23 heavy (non-hydrogen) atoms. The molecule has 1 saturated carbocycles. The van der Waals surface area contributed by atoms with Crippen LogP contribution in [0.3, 0.4) is 0 Å². The van der Waals surface area contributed by atoms with Crippen LogP contribution in [0.4, 0.5) is 5.69 Å². The number of nitrogens with one attached hydrogen (secondary N) is 2. The maximum Gasteiger partial charge on any atom is 0.249 e.